The van der Waals surface area contributed by atoms with Crippen LogP contribution in [0.5, 0.6) is 0 Å². The molecule has 4 rings (SSSR count). The van der Waals surface area contributed by atoms with E-state index in [0.717, 1.165) is 50.3 Å². The lowest BCUT2D eigenvalue weighted by Crippen LogP contribution is -2.28. The van der Waals surface area contributed by atoms with Crippen molar-refractivity contribution in [2.75, 3.05) is 37.3 Å². The Labute approximate surface area is 330 Å². The van der Waals surface area contributed by atoms with Crippen LogP contribution in [0.2, 0.25) is 0 Å². The molecular formula is C43H60N3O7S2+. The molecule has 0 radical (unpaired) electrons. The van der Waals surface area contributed by atoms with Crippen LogP contribution >= 0.6 is 0 Å². The molecule has 10 nitrogen and oxygen atoms in total. The topological polar surface area (TPSA) is 132 Å². The van der Waals surface area contributed by atoms with E-state index in [0.29, 0.717) is 25.2 Å². The number of nitrogens with zero attached hydrogens (tertiary/aromatic N) is 3. The number of anilines is 1. The Kier molecular flexibility index (Phi) is 16.7. The first-order valence-corrected chi connectivity index (χ1v) is 21.7. The van der Waals surface area contributed by atoms with Gasteiger partial charge in [-0.3, -0.25) is 9.35 Å². The number of carbonyl (C=O) groups excluding carboxylic acids is 1. The number of fused-ring (bicyclic) bond motifs is 2. The standard InChI is InChI=1S/C43H59N3O4S.O3S/c1-9-10-28-45-38-26-25-34(32-44(8)27-18-22-39(47)33(2)3)31-36(38)43(6,7)41(45)24-15-13-11-12-14-23-40-42(4,5)35-20-16-17-21-37(35)46(40)29-19-30-51(48,49)50;1-4(2)3/h11-17,20-21,23-26,31,33H,9-10,18-19,22,27-30,32H2,1-8H3;/p+1. The van der Waals surface area contributed by atoms with Gasteiger partial charge in [-0.15, -0.1) is 12.6 Å². The van der Waals surface area contributed by atoms with E-state index >= 15 is 0 Å². The molecule has 0 amide bonds. The number of benzene rings is 2. The summed E-state index contributed by atoms with van der Waals surface area (Å²) in [5.41, 5.74) is 8.23. The zero-order valence-electron chi connectivity index (χ0n) is 33.8. The highest BCUT2D eigenvalue weighted by atomic mass is 32.2. The molecule has 12 heteroatoms. The number of para-hydroxylation sites is 1. The van der Waals surface area contributed by atoms with Gasteiger partial charge in [0.15, 0.2) is 5.71 Å². The van der Waals surface area contributed by atoms with Crippen LogP contribution in [0.15, 0.2) is 90.7 Å². The van der Waals surface area contributed by atoms with Crippen molar-refractivity contribution in [1.82, 2.24) is 4.90 Å². The van der Waals surface area contributed by atoms with Crippen LogP contribution in [-0.4, -0.2) is 79.0 Å². The van der Waals surface area contributed by atoms with Gasteiger partial charge in [0.2, 0.25) is 5.69 Å². The molecule has 0 unspecified atom stereocenters. The summed E-state index contributed by atoms with van der Waals surface area (Å²) in [6.45, 7) is 18.4. The van der Waals surface area contributed by atoms with E-state index in [1.54, 1.807) is 0 Å². The first kappa shape index (κ1) is 45.4. The monoisotopic (exact) mass is 794 g/mol. The van der Waals surface area contributed by atoms with Crippen molar-refractivity contribution in [3.8, 4) is 0 Å². The first-order valence-electron chi connectivity index (χ1n) is 19.1. The third kappa shape index (κ3) is 12.8. The molecule has 2 aromatic carbocycles. The number of ketones is 1. The molecule has 2 heterocycles. The van der Waals surface area contributed by atoms with E-state index < -0.39 is 20.7 Å². The van der Waals surface area contributed by atoms with Gasteiger partial charge in [-0.25, -0.2) is 0 Å². The molecule has 2 aromatic rings. The summed E-state index contributed by atoms with van der Waals surface area (Å²) in [7, 11) is -4.98. The van der Waals surface area contributed by atoms with Gasteiger partial charge in [0.1, 0.15) is 12.3 Å². The normalized spacial score (nSPS) is 16.9. The van der Waals surface area contributed by atoms with Crippen LogP contribution in [0.1, 0.15) is 97.3 Å². The van der Waals surface area contributed by atoms with Crippen molar-refractivity contribution >= 4 is 43.6 Å². The highest BCUT2D eigenvalue weighted by molar-refractivity contribution is 7.85. The second-order valence-corrected chi connectivity index (χ2v) is 17.6. The van der Waals surface area contributed by atoms with E-state index in [-0.39, 0.29) is 22.5 Å². The molecule has 0 saturated heterocycles. The Hall–Kier alpha value is -3.97. The van der Waals surface area contributed by atoms with E-state index in [9.17, 15) is 17.8 Å². The SMILES string of the molecule is CCCCN1C(=CC=CC=CC=CC2=[N+](CCCS(=O)(=O)O)c3ccccc3C2(C)C)C(C)(C)c2cc(CN(C)CCCC(=O)C(C)C)ccc21.O=S(=O)=O. The number of Topliss-reactive ketones (excluding diaryl/α,β-unsaturated/α-hetero) is 1. The van der Waals surface area contributed by atoms with Crippen LogP contribution in [0.4, 0.5) is 11.4 Å². The van der Waals surface area contributed by atoms with Gasteiger partial charge in [0, 0.05) is 66.4 Å². The maximum atomic E-state index is 12.1. The van der Waals surface area contributed by atoms with Crippen molar-refractivity contribution in [2.45, 2.75) is 97.9 Å². The Bertz CT molecular complexity index is 2040. The Balaban J connectivity index is 0.00000193. The highest BCUT2D eigenvalue weighted by Crippen LogP contribution is 2.48. The number of hydrogen-bond donors (Lipinski definition) is 1. The predicted octanol–water partition coefficient (Wildman–Crippen LogP) is 7.92. The van der Waals surface area contributed by atoms with Gasteiger partial charge in [0.25, 0.3) is 10.1 Å². The lowest BCUT2D eigenvalue weighted by molar-refractivity contribution is -0.437. The first-order chi connectivity index (χ1) is 25.8. The lowest BCUT2D eigenvalue weighted by atomic mass is 9.81. The van der Waals surface area contributed by atoms with Crippen LogP contribution in [-0.2, 0) is 42.9 Å². The molecule has 300 valence electrons. The van der Waals surface area contributed by atoms with Gasteiger partial charge in [0.05, 0.1) is 11.2 Å². The second kappa shape index (κ2) is 20.3. The fourth-order valence-electron chi connectivity index (χ4n) is 7.35. The largest absolute Gasteiger partial charge is 0.425 e. The number of unbranched alkanes of at least 4 members (excludes halogenated alkanes) is 1. The second-order valence-electron chi connectivity index (χ2n) is 15.6. The molecule has 2 aliphatic heterocycles. The Morgan fingerprint density at radius 1 is 0.927 bits per heavy atom. The molecule has 1 N–H and O–H groups in total. The zero-order chi connectivity index (χ0) is 41.0. The zero-order valence-corrected chi connectivity index (χ0v) is 35.4. The third-order valence-corrected chi connectivity index (χ3v) is 11.1. The summed E-state index contributed by atoms with van der Waals surface area (Å²) >= 11 is 0. The van der Waals surface area contributed by atoms with E-state index in [1.165, 1.54) is 28.1 Å². The minimum atomic E-state index is -4.01. The molecule has 2 aliphatic rings. The molecule has 0 bridgehead atoms. The molecule has 0 aromatic heterocycles. The number of carbonyl (C=O) groups is 1. The summed E-state index contributed by atoms with van der Waals surface area (Å²) in [4.78, 5) is 16.9. The number of hydrogen-bond acceptors (Lipinski definition) is 8. The third-order valence-electron chi connectivity index (χ3n) is 10.3. The van der Waals surface area contributed by atoms with Gasteiger partial charge < -0.3 is 9.80 Å². The number of allylic oxidation sites excluding steroid dienone is 8. The predicted molar refractivity (Wildman–Crippen MR) is 223 cm³/mol. The minimum absolute atomic E-state index is 0.107. The fraction of sp³-hybridized carbons (Fsp3) is 0.488. The van der Waals surface area contributed by atoms with Crippen molar-refractivity contribution < 1.29 is 35.0 Å². The number of rotatable bonds is 18. The van der Waals surface area contributed by atoms with Gasteiger partial charge in [-0.2, -0.15) is 13.0 Å². The van der Waals surface area contributed by atoms with Crippen molar-refractivity contribution in [3.63, 3.8) is 0 Å². The van der Waals surface area contributed by atoms with Gasteiger partial charge >= 0.3 is 10.6 Å². The lowest BCUT2D eigenvalue weighted by Gasteiger charge is -2.27. The molecule has 0 fully saturated rings. The summed E-state index contributed by atoms with van der Waals surface area (Å²) in [5, 5.41) is 0. The van der Waals surface area contributed by atoms with Gasteiger partial charge in [-0.1, -0.05) is 102 Å². The molecule has 0 saturated carbocycles. The quantitative estimate of drug-likeness (QED) is 0.0908. The summed E-state index contributed by atoms with van der Waals surface area (Å²) in [5.74, 6) is 0.187. The van der Waals surface area contributed by atoms with Crippen molar-refractivity contribution in [3.05, 3.63) is 107 Å². The van der Waals surface area contributed by atoms with E-state index in [1.807, 2.05) is 44.2 Å². The highest BCUT2D eigenvalue weighted by Gasteiger charge is 2.44. The van der Waals surface area contributed by atoms with Crippen LogP contribution in [0, 0.1) is 5.92 Å². The molecular weight excluding hydrogens is 735 g/mol. The smallest absolute Gasteiger partial charge is 0.344 e. The average Bonchev–Trinajstić information content (AvgIpc) is 3.44. The maximum absolute atomic E-state index is 12.1. The summed E-state index contributed by atoms with van der Waals surface area (Å²) < 4.78 is 59.6. The van der Waals surface area contributed by atoms with Crippen LogP contribution < -0.4 is 4.90 Å². The fourth-order valence-corrected chi connectivity index (χ4v) is 7.85. The maximum Gasteiger partial charge on any atom is 0.425 e. The molecule has 55 heavy (non-hydrogen) atoms. The van der Waals surface area contributed by atoms with Crippen LogP contribution in [0.25, 0.3) is 0 Å². The van der Waals surface area contributed by atoms with E-state index in [2.05, 4.69) is 111 Å². The Morgan fingerprint density at radius 3 is 2.24 bits per heavy atom. The van der Waals surface area contributed by atoms with Crippen molar-refractivity contribution in [2.24, 2.45) is 5.92 Å². The summed E-state index contributed by atoms with van der Waals surface area (Å²) in [6, 6.07) is 15.2. The van der Waals surface area contributed by atoms with Crippen LogP contribution in [0.3, 0.4) is 0 Å². The van der Waals surface area contributed by atoms with E-state index in [4.69, 9.17) is 12.6 Å². The molecule has 0 atom stereocenters. The Morgan fingerprint density at radius 2 is 1.58 bits per heavy atom. The average molecular weight is 795 g/mol. The summed E-state index contributed by atoms with van der Waals surface area (Å²) in [6.07, 6.45) is 18.8. The molecule has 0 spiro atoms. The molecule has 0 aliphatic carbocycles. The van der Waals surface area contributed by atoms with Gasteiger partial charge in [-0.05, 0) is 63.6 Å². The van der Waals surface area contributed by atoms with Crippen molar-refractivity contribution in [1.29, 1.82) is 0 Å². The minimum Gasteiger partial charge on any atom is -0.344 e.